The Morgan fingerprint density at radius 2 is 1.78 bits per heavy atom. The lowest BCUT2D eigenvalue weighted by molar-refractivity contribution is -0.137. The van der Waals surface area contributed by atoms with Gasteiger partial charge in [-0.3, -0.25) is 10.1 Å². The van der Waals surface area contributed by atoms with Crippen molar-refractivity contribution in [2.45, 2.75) is 12.6 Å². The molecule has 0 fully saturated rings. The lowest BCUT2D eigenvalue weighted by Crippen LogP contribution is -2.11. The van der Waals surface area contributed by atoms with Crippen LogP contribution in [-0.4, -0.2) is 10.9 Å². The second-order valence-electron chi connectivity index (χ2n) is 7.27. The van der Waals surface area contributed by atoms with E-state index in [0.29, 0.717) is 28.3 Å². The van der Waals surface area contributed by atoms with Crippen LogP contribution >= 0.6 is 11.3 Å². The third kappa shape index (κ3) is 3.97. The average Bonchev–Trinajstić information content (AvgIpc) is 3.36. The highest BCUT2D eigenvalue weighted by atomic mass is 32.1. The zero-order valence-corrected chi connectivity index (χ0v) is 17.3. The maximum Gasteiger partial charge on any atom is 0.416 e. The summed E-state index contributed by atoms with van der Waals surface area (Å²) in [5, 5.41) is 4.92. The minimum Gasteiger partial charge on any atom is -0.456 e. The van der Waals surface area contributed by atoms with Gasteiger partial charge in [0.15, 0.2) is 5.13 Å². The Morgan fingerprint density at radius 3 is 2.62 bits per heavy atom. The van der Waals surface area contributed by atoms with Crippen LogP contribution in [0.5, 0.6) is 0 Å². The Morgan fingerprint density at radius 1 is 0.969 bits per heavy atom. The average molecular weight is 452 g/mol. The normalized spacial score (nSPS) is 11.8. The zero-order valence-electron chi connectivity index (χ0n) is 16.4. The van der Waals surface area contributed by atoms with Gasteiger partial charge >= 0.3 is 6.18 Å². The molecule has 0 bridgehead atoms. The number of carbonyl (C=O) groups is 1. The predicted molar refractivity (Wildman–Crippen MR) is 118 cm³/mol. The van der Waals surface area contributed by atoms with Gasteiger partial charge in [0.05, 0.1) is 5.56 Å². The zero-order chi connectivity index (χ0) is 22.3. The van der Waals surface area contributed by atoms with Crippen molar-refractivity contribution >= 4 is 44.3 Å². The minimum atomic E-state index is -4.38. The molecule has 5 aromatic rings. The molecule has 3 aromatic carbocycles. The summed E-state index contributed by atoms with van der Waals surface area (Å²) in [7, 11) is 0. The lowest BCUT2D eigenvalue weighted by Gasteiger charge is -2.07. The van der Waals surface area contributed by atoms with Crippen LogP contribution in [0.15, 0.2) is 77.3 Å². The molecule has 160 valence electrons. The molecule has 0 aliphatic heterocycles. The number of halogens is 3. The lowest BCUT2D eigenvalue weighted by atomic mass is 10.1. The van der Waals surface area contributed by atoms with Gasteiger partial charge in [-0.05, 0) is 35.9 Å². The van der Waals surface area contributed by atoms with Gasteiger partial charge in [-0.2, -0.15) is 13.2 Å². The van der Waals surface area contributed by atoms with Crippen molar-refractivity contribution in [2.24, 2.45) is 0 Å². The highest BCUT2D eigenvalue weighted by Gasteiger charge is 2.30. The van der Waals surface area contributed by atoms with Crippen molar-refractivity contribution in [1.29, 1.82) is 0 Å². The fourth-order valence-electron chi connectivity index (χ4n) is 3.54. The van der Waals surface area contributed by atoms with E-state index in [4.69, 9.17) is 4.42 Å². The minimum absolute atomic E-state index is 0.296. The van der Waals surface area contributed by atoms with Crippen LogP contribution in [-0.2, 0) is 12.6 Å². The topological polar surface area (TPSA) is 55.1 Å². The van der Waals surface area contributed by atoms with Gasteiger partial charge in [0.25, 0.3) is 5.91 Å². The van der Waals surface area contributed by atoms with Crippen LogP contribution in [0.2, 0.25) is 0 Å². The van der Waals surface area contributed by atoms with E-state index in [1.807, 2.05) is 24.3 Å². The molecule has 2 heterocycles. The third-order valence-electron chi connectivity index (χ3n) is 5.05. The molecule has 0 radical (unpaired) electrons. The van der Waals surface area contributed by atoms with Crippen LogP contribution in [0.25, 0.3) is 21.9 Å². The van der Waals surface area contributed by atoms with Crippen molar-refractivity contribution in [3.63, 3.8) is 0 Å². The first kappa shape index (κ1) is 20.3. The second kappa shape index (κ2) is 7.80. The number of carbonyl (C=O) groups excluding carboxylic acids is 1. The van der Waals surface area contributed by atoms with E-state index in [9.17, 15) is 18.0 Å². The van der Waals surface area contributed by atoms with Crippen molar-refractivity contribution in [1.82, 2.24) is 4.98 Å². The van der Waals surface area contributed by atoms with E-state index in [1.165, 1.54) is 17.4 Å². The molecule has 0 aliphatic carbocycles. The number of amides is 1. The van der Waals surface area contributed by atoms with E-state index < -0.39 is 11.7 Å². The summed E-state index contributed by atoms with van der Waals surface area (Å²) in [6.07, 6.45) is -2.53. The molecule has 0 aliphatic rings. The first-order chi connectivity index (χ1) is 15.4. The molecule has 5 rings (SSSR count). The molecule has 8 heteroatoms. The summed E-state index contributed by atoms with van der Waals surface area (Å²) in [5.74, 6) is -0.322. The number of fused-ring (bicyclic) bond motifs is 3. The number of alkyl halides is 3. The summed E-state index contributed by atoms with van der Waals surface area (Å²) < 4.78 is 44.5. The molecule has 1 amide bonds. The van der Waals surface area contributed by atoms with Crippen molar-refractivity contribution in [2.75, 3.05) is 5.32 Å². The van der Waals surface area contributed by atoms with E-state index in [1.54, 1.807) is 30.5 Å². The number of aromatic nitrogens is 1. The Bertz CT molecular complexity index is 1450. The Labute approximate surface area is 184 Å². The molecule has 0 spiro atoms. The smallest absolute Gasteiger partial charge is 0.416 e. The first-order valence-corrected chi connectivity index (χ1v) is 10.5. The van der Waals surface area contributed by atoms with Gasteiger partial charge in [-0.25, -0.2) is 4.98 Å². The molecular weight excluding hydrogens is 437 g/mol. The fraction of sp³-hybridized carbons (Fsp3) is 0.0833. The van der Waals surface area contributed by atoms with Crippen molar-refractivity contribution < 1.29 is 22.4 Å². The van der Waals surface area contributed by atoms with Gasteiger partial charge in [0, 0.05) is 33.8 Å². The number of hydrogen-bond acceptors (Lipinski definition) is 4. The third-order valence-corrected chi connectivity index (χ3v) is 5.96. The highest BCUT2D eigenvalue weighted by Crippen LogP contribution is 2.31. The Hall–Kier alpha value is -3.65. The van der Waals surface area contributed by atoms with E-state index in [-0.39, 0.29) is 5.91 Å². The molecule has 2 aromatic heterocycles. The number of hydrogen-bond donors (Lipinski definition) is 1. The quantitative estimate of drug-likeness (QED) is 0.323. The number of furan rings is 1. The molecule has 4 nitrogen and oxygen atoms in total. The first-order valence-electron chi connectivity index (χ1n) is 9.70. The summed E-state index contributed by atoms with van der Waals surface area (Å²) in [6, 6.07) is 18.0. The van der Waals surface area contributed by atoms with Crippen LogP contribution < -0.4 is 5.32 Å². The number of nitrogens with one attached hydrogen (secondary N) is 1. The van der Waals surface area contributed by atoms with Crippen LogP contribution in [0.4, 0.5) is 18.3 Å². The highest BCUT2D eigenvalue weighted by molar-refractivity contribution is 7.15. The monoisotopic (exact) mass is 452 g/mol. The predicted octanol–water partition coefficient (Wildman–Crippen LogP) is 6.90. The van der Waals surface area contributed by atoms with E-state index in [2.05, 4.69) is 10.3 Å². The summed E-state index contributed by atoms with van der Waals surface area (Å²) in [6.45, 7) is 0. The maximum absolute atomic E-state index is 12.9. The van der Waals surface area contributed by atoms with Crippen LogP contribution in [0, 0.1) is 0 Å². The second-order valence-corrected chi connectivity index (χ2v) is 8.39. The summed E-state index contributed by atoms with van der Waals surface area (Å²) in [4.78, 5) is 17.7. The van der Waals surface area contributed by atoms with Crippen molar-refractivity contribution in [3.8, 4) is 0 Å². The molecule has 1 N–H and O–H groups in total. The van der Waals surface area contributed by atoms with Gasteiger partial charge < -0.3 is 4.42 Å². The van der Waals surface area contributed by atoms with E-state index in [0.717, 1.165) is 33.4 Å². The molecule has 0 saturated heterocycles. The van der Waals surface area contributed by atoms with Crippen molar-refractivity contribution in [3.05, 3.63) is 94.5 Å². The number of anilines is 1. The molecule has 0 saturated carbocycles. The molecule has 32 heavy (non-hydrogen) atoms. The van der Waals surface area contributed by atoms with Crippen LogP contribution in [0.1, 0.15) is 26.4 Å². The number of thiazole rings is 1. The number of nitrogens with zero attached hydrogens (tertiary/aromatic N) is 1. The Balaban J connectivity index is 1.33. The fourth-order valence-corrected chi connectivity index (χ4v) is 4.38. The largest absolute Gasteiger partial charge is 0.456 e. The summed E-state index contributed by atoms with van der Waals surface area (Å²) >= 11 is 1.23. The molecule has 0 atom stereocenters. The van der Waals surface area contributed by atoms with E-state index >= 15 is 0 Å². The maximum atomic E-state index is 12.9. The number of benzene rings is 3. The van der Waals surface area contributed by atoms with Gasteiger partial charge in [0.1, 0.15) is 11.2 Å². The SMILES string of the molecule is O=C(Nc1ncc(Cc2cccc(C(F)(F)F)c2)s1)c1ccc2oc3ccccc3c2c1. The molecular formula is C24H15F3N2O2S. The number of rotatable bonds is 4. The van der Waals surface area contributed by atoms with Gasteiger partial charge in [-0.15, -0.1) is 11.3 Å². The molecule has 0 unspecified atom stereocenters. The Kier molecular flexibility index (Phi) is 4.94. The van der Waals surface area contributed by atoms with Crippen LogP contribution in [0.3, 0.4) is 0 Å². The van der Waals surface area contributed by atoms with Gasteiger partial charge in [0.2, 0.25) is 0 Å². The summed E-state index contributed by atoms with van der Waals surface area (Å²) in [5.41, 5.74) is 1.74. The number of para-hydroxylation sites is 1. The standard InChI is InChI=1S/C24H15F3N2O2S/c25-24(26,27)16-5-3-4-14(10-16)11-17-13-28-23(32-17)29-22(30)15-8-9-21-19(12-15)18-6-1-2-7-20(18)31-21/h1-10,12-13H,11H2,(H,28,29,30). The van der Waals surface area contributed by atoms with Gasteiger partial charge in [-0.1, -0.05) is 36.4 Å².